The minimum Gasteiger partial charge on any atom is -0.367 e. The summed E-state index contributed by atoms with van der Waals surface area (Å²) in [4.78, 5) is 4.44. The molecule has 82 valence electrons. The van der Waals surface area contributed by atoms with Crippen LogP contribution in [0.1, 0.15) is 24.0 Å². The molecule has 3 nitrogen and oxygen atoms in total. The molecule has 2 N–H and O–H groups in total. The van der Waals surface area contributed by atoms with E-state index in [0.29, 0.717) is 6.04 Å². The monoisotopic (exact) mass is 205 g/mol. The molecule has 1 aromatic heterocycles. The summed E-state index contributed by atoms with van der Waals surface area (Å²) in [5.41, 5.74) is 2.47. The van der Waals surface area contributed by atoms with Crippen molar-refractivity contribution < 1.29 is 0 Å². The van der Waals surface area contributed by atoms with E-state index in [0.717, 1.165) is 18.9 Å². The number of anilines is 1. The fraction of sp³-hybridized carbons (Fsp3) is 0.583. The highest BCUT2D eigenvalue weighted by molar-refractivity contribution is 5.45. The first-order valence-corrected chi connectivity index (χ1v) is 5.66. The number of piperidine rings is 1. The van der Waals surface area contributed by atoms with Crippen molar-refractivity contribution in [3.05, 3.63) is 23.4 Å². The summed E-state index contributed by atoms with van der Waals surface area (Å²) in [6.07, 6.45) is 4.31. The second-order valence-electron chi connectivity index (χ2n) is 4.35. The van der Waals surface area contributed by atoms with Crippen LogP contribution in [0.25, 0.3) is 0 Å². The van der Waals surface area contributed by atoms with Gasteiger partial charge in [0.15, 0.2) is 0 Å². The van der Waals surface area contributed by atoms with E-state index < -0.39 is 0 Å². The number of rotatable bonds is 2. The van der Waals surface area contributed by atoms with E-state index in [1.54, 1.807) is 0 Å². The molecule has 1 aliphatic heterocycles. The van der Waals surface area contributed by atoms with Crippen molar-refractivity contribution in [3.63, 3.8) is 0 Å². The van der Waals surface area contributed by atoms with Crippen LogP contribution in [0.5, 0.6) is 0 Å². The van der Waals surface area contributed by atoms with E-state index >= 15 is 0 Å². The van der Waals surface area contributed by atoms with Gasteiger partial charge in [-0.1, -0.05) is 6.07 Å². The van der Waals surface area contributed by atoms with Crippen LogP contribution >= 0.6 is 0 Å². The molecule has 0 aromatic carbocycles. The molecular formula is C12H19N3. The molecule has 0 radical (unpaired) electrons. The van der Waals surface area contributed by atoms with Crippen molar-refractivity contribution in [2.24, 2.45) is 0 Å². The molecule has 0 saturated carbocycles. The Balaban J connectivity index is 2.03. The van der Waals surface area contributed by atoms with Gasteiger partial charge in [-0.25, -0.2) is 4.98 Å². The Kier molecular flexibility index (Phi) is 3.21. The van der Waals surface area contributed by atoms with E-state index in [4.69, 9.17) is 0 Å². The minimum atomic E-state index is 0.583. The molecule has 15 heavy (non-hydrogen) atoms. The smallest absolute Gasteiger partial charge is 0.129 e. The fourth-order valence-corrected chi connectivity index (χ4v) is 2.03. The average Bonchev–Trinajstić information content (AvgIpc) is 2.24. The van der Waals surface area contributed by atoms with Gasteiger partial charge in [-0.15, -0.1) is 0 Å². The molecule has 0 spiro atoms. The summed E-state index contributed by atoms with van der Waals surface area (Å²) in [5.74, 6) is 1.05. The predicted molar refractivity (Wildman–Crippen MR) is 63.2 cm³/mol. The number of aryl methyl sites for hydroxylation is 2. The van der Waals surface area contributed by atoms with Gasteiger partial charge < -0.3 is 10.6 Å². The lowest BCUT2D eigenvalue weighted by molar-refractivity contribution is 0.478. The Morgan fingerprint density at radius 3 is 2.73 bits per heavy atom. The first kappa shape index (κ1) is 10.4. The Morgan fingerprint density at radius 1 is 1.33 bits per heavy atom. The Hall–Kier alpha value is -1.09. The Labute approximate surface area is 91.3 Å². The maximum atomic E-state index is 4.44. The molecule has 0 amide bonds. The molecule has 1 fully saturated rings. The van der Waals surface area contributed by atoms with Crippen molar-refractivity contribution in [3.8, 4) is 0 Å². The highest BCUT2D eigenvalue weighted by Crippen LogP contribution is 2.16. The second-order valence-corrected chi connectivity index (χ2v) is 4.35. The standard InChI is InChI=1S/C12H19N3/c1-9-7-10(2)12(14-8-9)15-11-3-5-13-6-4-11/h7-8,11,13H,3-6H2,1-2H3,(H,14,15). The molecule has 3 heteroatoms. The number of hydrogen-bond donors (Lipinski definition) is 2. The Morgan fingerprint density at radius 2 is 2.07 bits per heavy atom. The van der Waals surface area contributed by atoms with E-state index in [9.17, 15) is 0 Å². The van der Waals surface area contributed by atoms with Gasteiger partial charge >= 0.3 is 0 Å². The maximum absolute atomic E-state index is 4.44. The molecule has 0 aliphatic carbocycles. The molecule has 0 unspecified atom stereocenters. The normalized spacial score (nSPS) is 17.7. The van der Waals surface area contributed by atoms with Crippen LogP contribution in [0.4, 0.5) is 5.82 Å². The lowest BCUT2D eigenvalue weighted by Crippen LogP contribution is -2.35. The Bertz CT molecular complexity index is 330. The van der Waals surface area contributed by atoms with Gasteiger partial charge in [0, 0.05) is 12.2 Å². The van der Waals surface area contributed by atoms with Crippen molar-refractivity contribution >= 4 is 5.82 Å². The van der Waals surface area contributed by atoms with Crippen LogP contribution in [0, 0.1) is 13.8 Å². The molecule has 0 atom stereocenters. The zero-order valence-electron chi connectivity index (χ0n) is 9.51. The summed E-state index contributed by atoms with van der Waals surface area (Å²) < 4.78 is 0. The van der Waals surface area contributed by atoms with Gasteiger partial charge in [-0.3, -0.25) is 0 Å². The van der Waals surface area contributed by atoms with Gasteiger partial charge in [0.2, 0.25) is 0 Å². The second kappa shape index (κ2) is 4.62. The summed E-state index contributed by atoms with van der Waals surface area (Å²) >= 11 is 0. The summed E-state index contributed by atoms with van der Waals surface area (Å²) in [6.45, 7) is 6.42. The average molecular weight is 205 g/mol. The molecule has 1 saturated heterocycles. The van der Waals surface area contributed by atoms with Crippen LogP contribution < -0.4 is 10.6 Å². The first-order valence-electron chi connectivity index (χ1n) is 5.66. The van der Waals surface area contributed by atoms with Crippen molar-refractivity contribution in [2.75, 3.05) is 18.4 Å². The van der Waals surface area contributed by atoms with Crippen LogP contribution in [-0.4, -0.2) is 24.1 Å². The van der Waals surface area contributed by atoms with Crippen molar-refractivity contribution in [1.29, 1.82) is 0 Å². The summed E-state index contributed by atoms with van der Waals surface area (Å²) in [7, 11) is 0. The van der Waals surface area contributed by atoms with Crippen LogP contribution in [-0.2, 0) is 0 Å². The topological polar surface area (TPSA) is 37.0 Å². The van der Waals surface area contributed by atoms with Crippen LogP contribution in [0.15, 0.2) is 12.3 Å². The highest BCUT2D eigenvalue weighted by atomic mass is 15.0. The predicted octanol–water partition coefficient (Wildman–Crippen LogP) is 1.86. The SMILES string of the molecule is Cc1cnc(NC2CCNCC2)c(C)c1. The maximum Gasteiger partial charge on any atom is 0.129 e. The van der Waals surface area contributed by atoms with E-state index in [1.165, 1.54) is 24.0 Å². The largest absolute Gasteiger partial charge is 0.367 e. The lowest BCUT2D eigenvalue weighted by Gasteiger charge is -2.24. The highest BCUT2D eigenvalue weighted by Gasteiger charge is 2.13. The lowest BCUT2D eigenvalue weighted by atomic mass is 10.1. The molecule has 2 heterocycles. The van der Waals surface area contributed by atoms with Crippen molar-refractivity contribution in [1.82, 2.24) is 10.3 Å². The van der Waals surface area contributed by atoms with Gasteiger partial charge in [-0.05, 0) is 50.9 Å². The van der Waals surface area contributed by atoms with E-state index in [1.807, 2.05) is 6.20 Å². The third-order valence-corrected chi connectivity index (χ3v) is 2.89. The molecular weight excluding hydrogens is 186 g/mol. The molecule has 1 aliphatic rings. The van der Waals surface area contributed by atoms with Crippen molar-refractivity contribution in [2.45, 2.75) is 32.7 Å². The number of nitrogens with zero attached hydrogens (tertiary/aromatic N) is 1. The zero-order valence-corrected chi connectivity index (χ0v) is 9.51. The zero-order chi connectivity index (χ0) is 10.7. The van der Waals surface area contributed by atoms with Gasteiger partial charge in [0.1, 0.15) is 5.82 Å². The number of aromatic nitrogens is 1. The quantitative estimate of drug-likeness (QED) is 0.774. The van der Waals surface area contributed by atoms with Crippen LogP contribution in [0.2, 0.25) is 0 Å². The molecule has 2 rings (SSSR count). The molecule has 0 bridgehead atoms. The summed E-state index contributed by atoms with van der Waals surface area (Å²) in [6, 6.07) is 2.76. The van der Waals surface area contributed by atoms with E-state index in [2.05, 4.69) is 35.5 Å². The third-order valence-electron chi connectivity index (χ3n) is 2.89. The van der Waals surface area contributed by atoms with Crippen LogP contribution in [0.3, 0.4) is 0 Å². The van der Waals surface area contributed by atoms with Gasteiger partial charge in [0.25, 0.3) is 0 Å². The van der Waals surface area contributed by atoms with E-state index in [-0.39, 0.29) is 0 Å². The third kappa shape index (κ3) is 2.69. The first-order chi connectivity index (χ1) is 7.25. The number of hydrogen-bond acceptors (Lipinski definition) is 3. The minimum absolute atomic E-state index is 0.583. The molecule has 1 aromatic rings. The summed E-state index contributed by atoms with van der Waals surface area (Å²) in [5, 5.41) is 6.89. The number of nitrogens with one attached hydrogen (secondary N) is 2. The number of pyridine rings is 1. The fourth-order valence-electron chi connectivity index (χ4n) is 2.03. The van der Waals surface area contributed by atoms with Gasteiger partial charge in [0.05, 0.1) is 0 Å². The van der Waals surface area contributed by atoms with Gasteiger partial charge in [-0.2, -0.15) is 0 Å².